The van der Waals surface area contributed by atoms with Gasteiger partial charge in [-0.05, 0) is 48.9 Å². The first-order valence-corrected chi connectivity index (χ1v) is 12.7. The standard InChI is InChI=1S/C22H22N2O5S2/c25-22(23-15-8-16-30(26,27)20-11-3-1-4-12-20)18-9-7-10-19(17-18)24-31(28,29)21-13-5-2-6-14-21/h1-7,9-14,17,24H,8,15-16H2,(H,23,25). The van der Waals surface area contributed by atoms with Crippen molar-refractivity contribution in [1.29, 1.82) is 0 Å². The number of sulfonamides is 1. The zero-order chi connectivity index (χ0) is 22.3. The van der Waals surface area contributed by atoms with E-state index in [-0.39, 0.29) is 39.8 Å². The molecule has 0 saturated carbocycles. The Bertz CT molecular complexity index is 1240. The fourth-order valence-corrected chi connectivity index (χ4v) is 5.25. The second kappa shape index (κ2) is 9.76. The maximum atomic E-state index is 12.4. The van der Waals surface area contributed by atoms with E-state index >= 15 is 0 Å². The molecule has 9 heteroatoms. The summed E-state index contributed by atoms with van der Waals surface area (Å²) in [5, 5.41) is 2.66. The lowest BCUT2D eigenvalue weighted by atomic mass is 10.2. The summed E-state index contributed by atoms with van der Waals surface area (Å²) in [6, 6.07) is 22.1. The highest BCUT2D eigenvalue weighted by atomic mass is 32.2. The molecule has 0 aliphatic rings. The van der Waals surface area contributed by atoms with Gasteiger partial charge in [-0.15, -0.1) is 0 Å². The normalized spacial score (nSPS) is 11.6. The Kier molecular flexibility index (Phi) is 7.09. The van der Waals surface area contributed by atoms with Crippen LogP contribution >= 0.6 is 0 Å². The minimum Gasteiger partial charge on any atom is -0.352 e. The van der Waals surface area contributed by atoms with Crippen LogP contribution in [-0.2, 0) is 19.9 Å². The van der Waals surface area contributed by atoms with Crippen LogP contribution in [0.25, 0.3) is 0 Å². The van der Waals surface area contributed by atoms with Gasteiger partial charge in [0.15, 0.2) is 9.84 Å². The third kappa shape index (κ3) is 6.16. The first-order valence-electron chi connectivity index (χ1n) is 9.52. The van der Waals surface area contributed by atoms with Crippen molar-refractivity contribution in [3.63, 3.8) is 0 Å². The van der Waals surface area contributed by atoms with Gasteiger partial charge in [-0.25, -0.2) is 16.8 Å². The maximum Gasteiger partial charge on any atom is 0.261 e. The minimum atomic E-state index is -3.77. The number of anilines is 1. The smallest absolute Gasteiger partial charge is 0.261 e. The summed E-state index contributed by atoms with van der Waals surface area (Å²) in [6.45, 7) is 0.171. The molecule has 162 valence electrons. The number of rotatable bonds is 9. The molecule has 1 amide bonds. The molecule has 0 bridgehead atoms. The molecule has 31 heavy (non-hydrogen) atoms. The quantitative estimate of drug-likeness (QED) is 0.479. The van der Waals surface area contributed by atoms with Crippen LogP contribution in [0.5, 0.6) is 0 Å². The van der Waals surface area contributed by atoms with Gasteiger partial charge in [0, 0.05) is 17.8 Å². The molecule has 3 aromatic rings. The predicted octanol–water partition coefficient (Wildman–Crippen LogP) is 3.08. The van der Waals surface area contributed by atoms with Crippen molar-refractivity contribution in [2.45, 2.75) is 16.2 Å². The summed E-state index contributed by atoms with van der Waals surface area (Å²) in [7, 11) is -7.17. The van der Waals surface area contributed by atoms with Crippen LogP contribution in [0, 0.1) is 0 Å². The van der Waals surface area contributed by atoms with Crippen molar-refractivity contribution in [3.8, 4) is 0 Å². The van der Waals surface area contributed by atoms with Gasteiger partial charge in [0.2, 0.25) is 0 Å². The van der Waals surface area contributed by atoms with Gasteiger partial charge >= 0.3 is 0 Å². The number of hydrogen-bond donors (Lipinski definition) is 2. The molecule has 0 fully saturated rings. The highest BCUT2D eigenvalue weighted by molar-refractivity contribution is 7.92. The highest BCUT2D eigenvalue weighted by Crippen LogP contribution is 2.17. The number of sulfone groups is 1. The Morgan fingerprint density at radius 3 is 2.00 bits per heavy atom. The lowest BCUT2D eigenvalue weighted by molar-refractivity contribution is 0.0953. The van der Waals surface area contributed by atoms with E-state index in [2.05, 4.69) is 10.0 Å². The van der Waals surface area contributed by atoms with Gasteiger partial charge in [0.1, 0.15) is 0 Å². The van der Waals surface area contributed by atoms with Crippen molar-refractivity contribution in [2.24, 2.45) is 0 Å². The van der Waals surface area contributed by atoms with Gasteiger partial charge < -0.3 is 5.32 Å². The fourth-order valence-electron chi connectivity index (χ4n) is 2.85. The van der Waals surface area contributed by atoms with E-state index in [1.54, 1.807) is 54.6 Å². The minimum absolute atomic E-state index is 0.0891. The summed E-state index contributed by atoms with van der Waals surface area (Å²) < 4.78 is 51.8. The molecular formula is C22H22N2O5S2. The summed E-state index contributed by atoms with van der Waals surface area (Å²) >= 11 is 0. The molecule has 0 heterocycles. The molecular weight excluding hydrogens is 436 g/mol. The zero-order valence-corrected chi connectivity index (χ0v) is 18.2. The molecule has 0 aromatic heterocycles. The van der Waals surface area contributed by atoms with Crippen LogP contribution in [0.4, 0.5) is 5.69 Å². The third-order valence-corrected chi connectivity index (χ3v) is 7.62. The summed E-state index contributed by atoms with van der Waals surface area (Å²) in [5.41, 5.74) is 0.516. The molecule has 0 spiro atoms. The number of nitrogens with one attached hydrogen (secondary N) is 2. The molecule has 0 aliphatic heterocycles. The zero-order valence-electron chi connectivity index (χ0n) is 16.6. The number of benzene rings is 3. The fraction of sp³-hybridized carbons (Fsp3) is 0.136. The highest BCUT2D eigenvalue weighted by Gasteiger charge is 2.16. The van der Waals surface area contributed by atoms with E-state index in [0.717, 1.165) is 0 Å². The van der Waals surface area contributed by atoms with Crippen LogP contribution in [0.3, 0.4) is 0 Å². The SMILES string of the molecule is O=C(NCCCS(=O)(=O)c1ccccc1)c1cccc(NS(=O)(=O)c2ccccc2)c1. The average molecular weight is 459 g/mol. The van der Waals surface area contributed by atoms with Crippen molar-refractivity contribution in [1.82, 2.24) is 5.32 Å². The molecule has 0 saturated heterocycles. The van der Waals surface area contributed by atoms with E-state index < -0.39 is 25.8 Å². The first-order chi connectivity index (χ1) is 14.8. The molecule has 0 aliphatic carbocycles. The molecule has 3 rings (SSSR count). The Morgan fingerprint density at radius 2 is 1.35 bits per heavy atom. The average Bonchev–Trinajstić information content (AvgIpc) is 2.78. The van der Waals surface area contributed by atoms with Gasteiger partial charge in [-0.1, -0.05) is 42.5 Å². The van der Waals surface area contributed by atoms with Crippen LogP contribution in [0.2, 0.25) is 0 Å². The van der Waals surface area contributed by atoms with Crippen molar-refractivity contribution in [2.75, 3.05) is 17.0 Å². The molecule has 2 N–H and O–H groups in total. The first kappa shape index (κ1) is 22.5. The lowest BCUT2D eigenvalue weighted by Gasteiger charge is -2.10. The summed E-state index contributed by atoms with van der Waals surface area (Å²) in [5.74, 6) is -0.508. The second-order valence-electron chi connectivity index (χ2n) is 6.74. The molecule has 3 aromatic carbocycles. The van der Waals surface area contributed by atoms with E-state index in [4.69, 9.17) is 0 Å². The molecule has 0 radical (unpaired) electrons. The van der Waals surface area contributed by atoms with Gasteiger partial charge in [-0.3, -0.25) is 9.52 Å². The number of amides is 1. The monoisotopic (exact) mass is 458 g/mol. The summed E-state index contributed by atoms with van der Waals surface area (Å²) in [6.07, 6.45) is 0.253. The van der Waals surface area contributed by atoms with E-state index in [1.165, 1.54) is 30.3 Å². The van der Waals surface area contributed by atoms with E-state index in [0.29, 0.717) is 0 Å². The third-order valence-electron chi connectivity index (χ3n) is 4.41. The van der Waals surface area contributed by atoms with E-state index in [1.807, 2.05) is 0 Å². The van der Waals surface area contributed by atoms with Crippen molar-refractivity contribution >= 4 is 31.5 Å². The molecule has 0 unspecified atom stereocenters. The lowest BCUT2D eigenvalue weighted by Crippen LogP contribution is -2.26. The number of carbonyl (C=O) groups is 1. The van der Waals surface area contributed by atoms with Gasteiger partial charge in [-0.2, -0.15) is 0 Å². The van der Waals surface area contributed by atoms with Crippen LogP contribution < -0.4 is 10.0 Å². The van der Waals surface area contributed by atoms with Crippen LogP contribution in [-0.4, -0.2) is 35.0 Å². The number of carbonyl (C=O) groups excluding carboxylic acids is 1. The largest absolute Gasteiger partial charge is 0.352 e. The Hall–Kier alpha value is -3.17. The Morgan fingerprint density at radius 1 is 0.742 bits per heavy atom. The summed E-state index contributed by atoms with van der Waals surface area (Å²) in [4.78, 5) is 12.8. The van der Waals surface area contributed by atoms with E-state index in [9.17, 15) is 21.6 Å². The number of hydrogen-bond acceptors (Lipinski definition) is 5. The van der Waals surface area contributed by atoms with Gasteiger partial charge in [0.25, 0.3) is 15.9 Å². The molecule has 0 atom stereocenters. The Labute approximate surface area is 182 Å². The van der Waals surface area contributed by atoms with Crippen LogP contribution in [0.15, 0.2) is 94.7 Å². The van der Waals surface area contributed by atoms with Crippen molar-refractivity contribution in [3.05, 3.63) is 90.5 Å². The topological polar surface area (TPSA) is 109 Å². The van der Waals surface area contributed by atoms with Gasteiger partial charge in [0.05, 0.1) is 15.5 Å². The van der Waals surface area contributed by atoms with Crippen LogP contribution in [0.1, 0.15) is 16.8 Å². The maximum absolute atomic E-state index is 12.4. The van der Waals surface area contributed by atoms with Crippen molar-refractivity contribution < 1.29 is 21.6 Å². The molecule has 7 nitrogen and oxygen atoms in total. The predicted molar refractivity (Wildman–Crippen MR) is 119 cm³/mol. The Balaban J connectivity index is 1.57. The second-order valence-corrected chi connectivity index (χ2v) is 10.5.